The van der Waals surface area contributed by atoms with Crippen LogP contribution in [0.4, 0.5) is 0 Å². The Labute approximate surface area is 123 Å². The van der Waals surface area contributed by atoms with E-state index in [0.717, 1.165) is 4.88 Å². The fourth-order valence-corrected chi connectivity index (χ4v) is 6.40. The molecule has 0 amide bonds. The number of sulfonamides is 1. The molecule has 0 spiro atoms. The van der Waals surface area contributed by atoms with Gasteiger partial charge in [0.1, 0.15) is 9.84 Å². The van der Waals surface area contributed by atoms with E-state index in [0.29, 0.717) is 19.4 Å². The van der Waals surface area contributed by atoms with Gasteiger partial charge >= 0.3 is 0 Å². The highest BCUT2D eigenvalue weighted by Gasteiger charge is 2.28. The van der Waals surface area contributed by atoms with Gasteiger partial charge < -0.3 is 5.32 Å². The van der Waals surface area contributed by atoms with Gasteiger partial charge in [-0.1, -0.05) is 0 Å². The maximum Gasteiger partial charge on any atom is 0.241 e. The van der Waals surface area contributed by atoms with E-state index in [1.54, 1.807) is 18.5 Å². The lowest BCUT2D eigenvalue weighted by molar-refractivity contribution is 0.505. The second kappa shape index (κ2) is 6.10. The molecule has 2 N–H and O–H groups in total. The number of sulfone groups is 1. The minimum Gasteiger partial charge on any atom is -0.315 e. The molecular weight excluding hydrogens is 320 g/mol. The Morgan fingerprint density at radius 2 is 2.00 bits per heavy atom. The molecule has 1 fully saturated rings. The fourth-order valence-electron chi connectivity index (χ4n) is 2.15. The third-order valence-corrected chi connectivity index (χ3v) is 7.58. The molecule has 6 nitrogen and oxygen atoms in total. The summed E-state index contributed by atoms with van der Waals surface area (Å²) in [6.45, 7) is 0.493. The molecule has 2 heterocycles. The monoisotopic (exact) mass is 338 g/mol. The molecule has 114 valence electrons. The molecule has 0 aromatic carbocycles. The summed E-state index contributed by atoms with van der Waals surface area (Å²) < 4.78 is 50.0. The summed E-state index contributed by atoms with van der Waals surface area (Å²) in [5, 5.41) is 4.68. The SMILES string of the molecule is CNCc1sccc1S(=O)(=O)NC1CCS(=O)(=O)CC1. The summed E-state index contributed by atoms with van der Waals surface area (Å²) in [5.41, 5.74) is 0. The fraction of sp³-hybridized carbons (Fsp3) is 0.636. The normalized spacial score (nSPS) is 20.1. The van der Waals surface area contributed by atoms with E-state index < -0.39 is 19.9 Å². The van der Waals surface area contributed by atoms with Gasteiger partial charge in [-0.15, -0.1) is 11.3 Å². The standard InChI is InChI=1S/C11H18N2O4S3/c1-12-8-10-11(2-5-18-10)20(16,17)13-9-3-6-19(14,15)7-4-9/h2,5,9,12-13H,3-4,6-8H2,1H3. The Balaban J connectivity index is 2.10. The molecule has 0 atom stereocenters. The summed E-state index contributed by atoms with van der Waals surface area (Å²) in [7, 11) is -4.81. The lowest BCUT2D eigenvalue weighted by Crippen LogP contribution is -2.40. The van der Waals surface area contributed by atoms with Crippen molar-refractivity contribution in [2.75, 3.05) is 18.6 Å². The predicted molar refractivity (Wildman–Crippen MR) is 79.1 cm³/mol. The number of rotatable bonds is 5. The van der Waals surface area contributed by atoms with Crippen LogP contribution in [-0.2, 0) is 26.4 Å². The molecule has 2 rings (SSSR count). The first-order chi connectivity index (χ1) is 9.34. The van der Waals surface area contributed by atoms with Gasteiger partial charge in [-0.25, -0.2) is 21.6 Å². The first kappa shape index (κ1) is 15.9. The molecule has 0 radical (unpaired) electrons. The first-order valence-corrected chi connectivity index (χ1v) is 10.5. The van der Waals surface area contributed by atoms with Gasteiger partial charge in [-0.05, 0) is 31.3 Å². The van der Waals surface area contributed by atoms with Gasteiger partial charge in [-0.3, -0.25) is 0 Å². The van der Waals surface area contributed by atoms with Crippen molar-refractivity contribution in [1.29, 1.82) is 0 Å². The van der Waals surface area contributed by atoms with Crippen molar-refractivity contribution in [1.82, 2.24) is 10.0 Å². The highest BCUT2D eigenvalue weighted by Crippen LogP contribution is 2.23. The smallest absolute Gasteiger partial charge is 0.241 e. The van der Waals surface area contributed by atoms with Crippen LogP contribution in [0.2, 0.25) is 0 Å². The average molecular weight is 338 g/mol. The number of hydrogen-bond acceptors (Lipinski definition) is 6. The van der Waals surface area contributed by atoms with Crippen molar-refractivity contribution in [3.63, 3.8) is 0 Å². The summed E-state index contributed by atoms with van der Waals surface area (Å²) >= 11 is 1.39. The van der Waals surface area contributed by atoms with Crippen LogP contribution in [-0.4, -0.2) is 41.4 Å². The topological polar surface area (TPSA) is 92.3 Å². The van der Waals surface area contributed by atoms with Gasteiger partial charge in [0, 0.05) is 17.5 Å². The minimum absolute atomic E-state index is 0.0488. The van der Waals surface area contributed by atoms with Crippen LogP contribution in [0.15, 0.2) is 16.3 Å². The van der Waals surface area contributed by atoms with Crippen LogP contribution in [0.25, 0.3) is 0 Å². The van der Waals surface area contributed by atoms with Crippen LogP contribution in [0, 0.1) is 0 Å². The molecule has 1 aromatic heterocycles. The van der Waals surface area contributed by atoms with E-state index in [1.807, 2.05) is 0 Å². The molecule has 0 saturated carbocycles. The van der Waals surface area contributed by atoms with E-state index in [-0.39, 0.29) is 22.4 Å². The molecule has 1 aliphatic rings. The summed E-state index contributed by atoms with van der Waals surface area (Å²) in [6, 6.07) is 1.28. The van der Waals surface area contributed by atoms with Crippen LogP contribution < -0.4 is 10.0 Å². The van der Waals surface area contributed by atoms with E-state index in [9.17, 15) is 16.8 Å². The van der Waals surface area contributed by atoms with E-state index in [4.69, 9.17) is 0 Å². The zero-order chi connectivity index (χ0) is 14.8. The van der Waals surface area contributed by atoms with Gasteiger partial charge in [-0.2, -0.15) is 0 Å². The molecule has 9 heteroatoms. The van der Waals surface area contributed by atoms with Crippen molar-refractivity contribution < 1.29 is 16.8 Å². The predicted octanol–water partition coefficient (Wildman–Crippen LogP) is 0.323. The number of nitrogens with one attached hydrogen (secondary N) is 2. The van der Waals surface area contributed by atoms with Crippen LogP contribution >= 0.6 is 11.3 Å². The summed E-state index contributed by atoms with van der Waals surface area (Å²) in [6.07, 6.45) is 0.681. The molecular formula is C11H18N2O4S3. The third kappa shape index (κ3) is 3.79. The molecule has 1 aromatic rings. The Bertz CT molecular complexity index is 650. The highest BCUT2D eigenvalue weighted by molar-refractivity contribution is 7.91. The van der Waals surface area contributed by atoms with Gasteiger partial charge in [0.05, 0.1) is 16.4 Å². The molecule has 1 aliphatic heterocycles. The van der Waals surface area contributed by atoms with Crippen molar-refractivity contribution >= 4 is 31.2 Å². The molecule has 1 saturated heterocycles. The van der Waals surface area contributed by atoms with Crippen molar-refractivity contribution in [2.24, 2.45) is 0 Å². The Morgan fingerprint density at radius 1 is 1.35 bits per heavy atom. The van der Waals surface area contributed by atoms with Gasteiger partial charge in [0.15, 0.2) is 0 Å². The third-order valence-electron chi connectivity index (χ3n) is 3.21. The molecule has 0 unspecified atom stereocenters. The lowest BCUT2D eigenvalue weighted by atomic mass is 10.2. The van der Waals surface area contributed by atoms with Crippen LogP contribution in [0.3, 0.4) is 0 Å². The maximum absolute atomic E-state index is 12.3. The highest BCUT2D eigenvalue weighted by atomic mass is 32.2. The molecule has 20 heavy (non-hydrogen) atoms. The van der Waals surface area contributed by atoms with Gasteiger partial charge in [0.25, 0.3) is 0 Å². The average Bonchev–Trinajstić information content (AvgIpc) is 2.81. The summed E-state index contributed by atoms with van der Waals surface area (Å²) in [4.78, 5) is 1.04. The number of thiophene rings is 1. The Kier molecular flexibility index (Phi) is 4.85. The largest absolute Gasteiger partial charge is 0.315 e. The Morgan fingerprint density at radius 3 is 2.60 bits per heavy atom. The quantitative estimate of drug-likeness (QED) is 0.807. The molecule has 0 bridgehead atoms. The zero-order valence-electron chi connectivity index (χ0n) is 11.1. The van der Waals surface area contributed by atoms with E-state index in [1.165, 1.54) is 11.3 Å². The second-order valence-corrected chi connectivity index (χ2v) is 9.77. The summed E-state index contributed by atoms with van der Waals surface area (Å²) in [5.74, 6) is 0.0976. The Hall–Kier alpha value is -0.480. The minimum atomic E-state index is -3.58. The van der Waals surface area contributed by atoms with E-state index in [2.05, 4.69) is 10.0 Å². The van der Waals surface area contributed by atoms with Crippen molar-refractivity contribution in [3.8, 4) is 0 Å². The van der Waals surface area contributed by atoms with Crippen molar-refractivity contribution in [3.05, 3.63) is 16.3 Å². The van der Waals surface area contributed by atoms with Crippen LogP contribution in [0.5, 0.6) is 0 Å². The van der Waals surface area contributed by atoms with Gasteiger partial charge in [0.2, 0.25) is 10.0 Å². The zero-order valence-corrected chi connectivity index (χ0v) is 13.6. The molecule has 0 aliphatic carbocycles. The number of hydrogen-bond donors (Lipinski definition) is 2. The maximum atomic E-state index is 12.3. The second-order valence-electron chi connectivity index (χ2n) is 4.79. The lowest BCUT2D eigenvalue weighted by Gasteiger charge is -2.22. The van der Waals surface area contributed by atoms with E-state index >= 15 is 0 Å². The van der Waals surface area contributed by atoms with Crippen LogP contribution in [0.1, 0.15) is 17.7 Å². The van der Waals surface area contributed by atoms with Crippen molar-refractivity contribution in [2.45, 2.75) is 30.3 Å². The first-order valence-electron chi connectivity index (χ1n) is 6.28.